The van der Waals surface area contributed by atoms with Crippen LogP contribution >= 0.6 is 0 Å². The summed E-state index contributed by atoms with van der Waals surface area (Å²) in [5, 5.41) is 3.59. The van der Waals surface area contributed by atoms with Crippen LogP contribution in [-0.2, 0) is 4.74 Å². The summed E-state index contributed by atoms with van der Waals surface area (Å²) in [4.78, 5) is 2.56. The van der Waals surface area contributed by atoms with Crippen LogP contribution < -0.4 is 5.32 Å². The maximum absolute atomic E-state index is 5.25. The van der Waals surface area contributed by atoms with Gasteiger partial charge in [0, 0.05) is 26.2 Å². The first-order valence-electron chi connectivity index (χ1n) is 5.87. The molecule has 1 heterocycles. The predicted molar refractivity (Wildman–Crippen MR) is 57.5 cm³/mol. The van der Waals surface area contributed by atoms with Gasteiger partial charge in [-0.3, -0.25) is 0 Å². The van der Waals surface area contributed by atoms with E-state index in [2.05, 4.69) is 10.2 Å². The van der Waals surface area contributed by atoms with Crippen molar-refractivity contribution in [1.29, 1.82) is 0 Å². The van der Waals surface area contributed by atoms with Gasteiger partial charge in [0.1, 0.15) is 0 Å². The zero-order chi connectivity index (χ0) is 9.80. The molecular formula is C11H22N2O. The van der Waals surface area contributed by atoms with E-state index in [9.17, 15) is 0 Å². The lowest BCUT2D eigenvalue weighted by Gasteiger charge is -2.35. The fourth-order valence-corrected chi connectivity index (χ4v) is 2.36. The van der Waals surface area contributed by atoms with Crippen molar-refractivity contribution in [1.82, 2.24) is 10.2 Å². The minimum absolute atomic E-state index is 0.527. The maximum Gasteiger partial charge on any atom is 0.0601 e. The maximum atomic E-state index is 5.25. The molecule has 2 rings (SSSR count). The van der Waals surface area contributed by atoms with E-state index >= 15 is 0 Å². The Morgan fingerprint density at radius 1 is 1.29 bits per heavy atom. The molecule has 1 saturated heterocycles. The first kappa shape index (κ1) is 10.4. The van der Waals surface area contributed by atoms with Crippen LogP contribution in [0.2, 0.25) is 0 Å². The lowest BCUT2D eigenvalue weighted by Crippen LogP contribution is -2.47. The Bertz CT molecular complexity index is 163. The molecule has 0 aromatic carbocycles. The number of hydrogen-bond acceptors (Lipinski definition) is 3. The highest BCUT2D eigenvalue weighted by Crippen LogP contribution is 2.22. The van der Waals surface area contributed by atoms with Crippen LogP contribution in [0, 0.1) is 0 Å². The van der Waals surface area contributed by atoms with Crippen molar-refractivity contribution in [3.05, 3.63) is 0 Å². The molecule has 3 heteroatoms. The molecule has 0 atom stereocenters. The molecule has 0 radical (unpaired) electrons. The van der Waals surface area contributed by atoms with Crippen LogP contribution in [0.5, 0.6) is 0 Å². The summed E-state index contributed by atoms with van der Waals surface area (Å²) in [6, 6.07) is 0.725. The molecule has 1 saturated carbocycles. The fourth-order valence-electron chi connectivity index (χ4n) is 2.36. The average Bonchev–Trinajstić information content (AvgIpc) is 2.61. The van der Waals surface area contributed by atoms with Crippen LogP contribution in [0.1, 0.15) is 25.7 Å². The molecular weight excluding hydrogens is 176 g/mol. The first-order chi connectivity index (χ1) is 6.88. The van der Waals surface area contributed by atoms with Gasteiger partial charge in [0.15, 0.2) is 0 Å². The number of nitrogens with one attached hydrogen (secondary N) is 1. The number of likely N-dealkylation sites (tertiary alicyclic amines) is 1. The highest BCUT2D eigenvalue weighted by molar-refractivity contribution is 4.85. The number of nitrogens with zero attached hydrogens (tertiary/aromatic N) is 1. The van der Waals surface area contributed by atoms with E-state index in [0.29, 0.717) is 6.10 Å². The number of methoxy groups -OCH3 is 1. The van der Waals surface area contributed by atoms with Gasteiger partial charge in [-0.25, -0.2) is 0 Å². The Morgan fingerprint density at radius 3 is 2.64 bits per heavy atom. The fraction of sp³-hybridized carbons (Fsp3) is 1.00. The van der Waals surface area contributed by atoms with E-state index in [1.165, 1.54) is 45.3 Å². The molecule has 1 aliphatic heterocycles. The largest absolute Gasteiger partial charge is 0.381 e. The van der Waals surface area contributed by atoms with Crippen molar-refractivity contribution in [2.45, 2.75) is 37.8 Å². The molecule has 1 N–H and O–H groups in total. The van der Waals surface area contributed by atoms with Crippen molar-refractivity contribution in [3.8, 4) is 0 Å². The van der Waals surface area contributed by atoms with E-state index in [1.807, 2.05) is 7.11 Å². The van der Waals surface area contributed by atoms with Gasteiger partial charge in [-0.2, -0.15) is 0 Å². The number of rotatable bonds is 5. The third-order valence-electron chi connectivity index (χ3n) is 3.49. The summed E-state index contributed by atoms with van der Waals surface area (Å²) in [6.07, 6.45) is 5.73. The minimum atomic E-state index is 0.527. The van der Waals surface area contributed by atoms with Gasteiger partial charge < -0.3 is 15.0 Å². The van der Waals surface area contributed by atoms with Gasteiger partial charge in [-0.1, -0.05) is 0 Å². The van der Waals surface area contributed by atoms with Gasteiger partial charge in [0.05, 0.1) is 6.10 Å². The average molecular weight is 198 g/mol. The van der Waals surface area contributed by atoms with Crippen LogP contribution in [0.4, 0.5) is 0 Å². The van der Waals surface area contributed by atoms with Gasteiger partial charge in [-0.15, -0.1) is 0 Å². The molecule has 0 bridgehead atoms. The van der Waals surface area contributed by atoms with Gasteiger partial charge in [0.25, 0.3) is 0 Å². The molecule has 0 aromatic rings. The topological polar surface area (TPSA) is 24.5 Å². The van der Waals surface area contributed by atoms with Crippen LogP contribution in [-0.4, -0.2) is 50.3 Å². The summed E-state index contributed by atoms with van der Waals surface area (Å²) < 4.78 is 5.25. The Hall–Kier alpha value is -0.120. The van der Waals surface area contributed by atoms with Gasteiger partial charge in [-0.05, 0) is 38.8 Å². The Morgan fingerprint density at radius 2 is 2.00 bits per heavy atom. The van der Waals surface area contributed by atoms with Gasteiger partial charge in [0.2, 0.25) is 0 Å². The predicted octanol–water partition coefficient (Wildman–Crippen LogP) is 0.849. The highest BCUT2D eigenvalue weighted by atomic mass is 16.5. The third kappa shape index (κ3) is 2.69. The van der Waals surface area contributed by atoms with Crippen molar-refractivity contribution in [2.24, 2.45) is 0 Å². The van der Waals surface area contributed by atoms with Crippen LogP contribution in [0.15, 0.2) is 0 Å². The normalized spacial score (nSPS) is 33.2. The van der Waals surface area contributed by atoms with E-state index in [4.69, 9.17) is 4.74 Å². The van der Waals surface area contributed by atoms with Crippen molar-refractivity contribution < 1.29 is 4.74 Å². The summed E-state index contributed by atoms with van der Waals surface area (Å²) in [7, 11) is 1.81. The van der Waals surface area contributed by atoms with E-state index < -0.39 is 0 Å². The summed E-state index contributed by atoms with van der Waals surface area (Å²) >= 11 is 0. The van der Waals surface area contributed by atoms with Crippen LogP contribution in [0.25, 0.3) is 0 Å². The smallest absolute Gasteiger partial charge is 0.0601 e. The van der Waals surface area contributed by atoms with E-state index in [1.54, 1.807) is 0 Å². The lowest BCUT2D eigenvalue weighted by molar-refractivity contribution is 0.0171. The second-order valence-corrected chi connectivity index (χ2v) is 4.53. The van der Waals surface area contributed by atoms with Crippen LogP contribution in [0.3, 0.4) is 0 Å². The summed E-state index contributed by atoms with van der Waals surface area (Å²) in [5.74, 6) is 0. The molecule has 1 aliphatic carbocycles. The molecule has 0 amide bonds. The number of ether oxygens (including phenoxy) is 1. The Kier molecular flexibility index (Phi) is 3.79. The summed E-state index contributed by atoms with van der Waals surface area (Å²) in [5.41, 5.74) is 0. The highest BCUT2D eigenvalue weighted by Gasteiger charge is 2.28. The molecule has 82 valence electrons. The molecule has 2 fully saturated rings. The number of hydrogen-bond donors (Lipinski definition) is 1. The third-order valence-corrected chi connectivity index (χ3v) is 3.49. The van der Waals surface area contributed by atoms with E-state index in [-0.39, 0.29) is 0 Å². The van der Waals surface area contributed by atoms with Crippen molar-refractivity contribution in [3.63, 3.8) is 0 Å². The molecule has 14 heavy (non-hydrogen) atoms. The Labute approximate surface area is 86.8 Å². The zero-order valence-corrected chi connectivity index (χ0v) is 9.17. The Balaban J connectivity index is 1.47. The van der Waals surface area contributed by atoms with E-state index in [0.717, 1.165) is 12.6 Å². The lowest BCUT2D eigenvalue weighted by atomic mass is 9.89. The standard InChI is InChI=1S/C11H22N2O/c1-14-11-8-10(9-11)12-4-7-13-5-2-3-6-13/h10-12H,2-9H2,1H3. The molecule has 0 aromatic heterocycles. The van der Waals surface area contributed by atoms with Gasteiger partial charge >= 0.3 is 0 Å². The quantitative estimate of drug-likeness (QED) is 0.709. The molecule has 2 aliphatic rings. The zero-order valence-electron chi connectivity index (χ0n) is 9.17. The molecule has 0 spiro atoms. The first-order valence-corrected chi connectivity index (χ1v) is 5.87. The SMILES string of the molecule is COC1CC(NCCN2CCCC2)C1. The van der Waals surface area contributed by atoms with Crippen molar-refractivity contribution >= 4 is 0 Å². The molecule has 3 nitrogen and oxygen atoms in total. The monoisotopic (exact) mass is 198 g/mol. The molecule has 0 unspecified atom stereocenters. The minimum Gasteiger partial charge on any atom is -0.381 e. The second kappa shape index (κ2) is 5.10. The summed E-state index contributed by atoms with van der Waals surface area (Å²) in [6.45, 7) is 5.01. The van der Waals surface area contributed by atoms with Crippen molar-refractivity contribution in [2.75, 3.05) is 33.3 Å². The second-order valence-electron chi connectivity index (χ2n) is 4.53.